The number of sulfone groups is 1. The van der Waals surface area contributed by atoms with Crippen LogP contribution in [0.1, 0.15) is 6.92 Å². The van der Waals surface area contributed by atoms with Crippen molar-refractivity contribution >= 4 is 19.9 Å². The van der Waals surface area contributed by atoms with Crippen LogP contribution in [0.5, 0.6) is 0 Å². The third kappa shape index (κ3) is 9.90. The first-order valence-electron chi connectivity index (χ1n) is 4.02. The smallest absolute Gasteiger partial charge is 0.210 e. The second kappa shape index (κ2) is 5.06. The first-order valence-corrected chi connectivity index (χ1v) is 7.79. The number of nitrogens with one attached hydrogen (secondary N) is 1. The average molecular weight is 244 g/mol. The highest BCUT2D eigenvalue weighted by Crippen LogP contribution is 1.89. The van der Waals surface area contributed by atoms with Crippen molar-refractivity contribution in [2.75, 3.05) is 24.3 Å². The van der Waals surface area contributed by atoms with Crippen molar-refractivity contribution < 1.29 is 16.8 Å². The Morgan fingerprint density at radius 1 is 1.29 bits per heavy atom. The fourth-order valence-corrected chi connectivity index (χ4v) is 2.39. The fraction of sp³-hybridized carbons (Fsp3) is 1.00. The van der Waals surface area contributed by atoms with E-state index in [1.165, 1.54) is 0 Å². The molecule has 6 nitrogen and oxygen atoms in total. The molecule has 0 rings (SSSR count). The maximum atomic E-state index is 10.8. The molecule has 0 saturated carbocycles. The molecule has 1 unspecified atom stereocenters. The lowest BCUT2D eigenvalue weighted by atomic mass is 10.4. The Bertz CT molecular complexity index is 359. The minimum Gasteiger partial charge on any atom is -0.312 e. The number of primary sulfonamides is 1. The lowest BCUT2D eigenvalue weighted by Gasteiger charge is -2.11. The maximum absolute atomic E-state index is 10.8. The zero-order chi connectivity index (χ0) is 11.4. The summed E-state index contributed by atoms with van der Waals surface area (Å²) in [6.45, 7) is 1.83. The summed E-state index contributed by atoms with van der Waals surface area (Å²) >= 11 is 0. The van der Waals surface area contributed by atoms with Gasteiger partial charge in [0, 0.05) is 18.8 Å². The SMILES string of the molecule is CC(CS(C)(=O)=O)NCCS(N)(=O)=O. The van der Waals surface area contributed by atoms with Crippen LogP contribution in [0.2, 0.25) is 0 Å². The summed E-state index contributed by atoms with van der Waals surface area (Å²) in [5.74, 6) is -0.210. The zero-order valence-corrected chi connectivity index (χ0v) is 9.86. The molecule has 0 heterocycles. The molecule has 14 heavy (non-hydrogen) atoms. The highest BCUT2D eigenvalue weighted by Gasteiger charge is 2.10. The van der Waals surface area contributed by atoms with E-state index in [-0.39, 0.29) is 24.1 Å². The van der Waals surface area contributed by atoms with Crippen LogP contribution in [-0.4, -0.2) is 47.2 Å². The summed E-state index contributed by atoms with van der Waals surface area (Å²) in [7, 11) is -6.51. The van der Waals surface area contributed by atoms with Crippen molar-refractivity contribution in [1.82, 2.24) is 5.32 Å². The molecule has 1 atom stereocenters. The minimum atomic E-state index is -3.48. The van der Waals surface area contributed by atoms with Crippen LogP contribution in [0.3, 0.4) is 0 Å². The van der Waals surface area contributed by atoms with Crippen LogP contribution in [0, 0.1) is 0 Å². The topological polar surface area (TPSA) is 106 Å². The van der Waals surface area contributed by atoms with Gasteiger partial charge in [-0.05, 0) is 6.92 Å². The Hall–Kier alpha value is -0.180. The van der Waals surface area contributed by atoms with Gasteiger partial charge in [-0.1, -0.05) is 0 Å². The molecule has 0 aromatic carbocycles. The van der Waals surface area contributed by atoms with Gasteiger partial charge in [-0.25, -0.2) is 22.0 Å². The molecule has 0 aromatic heterocycles. The van der Waals surface area contributed by atoms with Gasteiger partial charge in [0.15, 0.2) is 0 Å². The van der Waals surface area contributed by atoms with E-state index in [1.54, 1.807) is 6.92 Å². The third-order valence-corrected chi connectivity index (χ3v) is 3.31. The molecule has 8 heteroatoms. The first-order chi connectivity index (χ1) is 6.10. The third-order valence-electron chi connectivity index (χ3n) is 1.43. The maximum Gasteiger partial charge on any atom is 0.210 e. The second-order valence-corrected chi connectivity index (χ2v) is 7.23. The lowest BCUT2D eigenvalue weighted by molar-refractivity contribution is 0.564. The summed E-state index contributed by atoms with van der Waals surface area (Å²) in [4.78, 5) is 0. The molecular weight excluding hydrogens is 228 g/mol. The molecule has 0 spiro atoms. The predicted molar refractivity (Wildman–Crippen MR) is 55.1 cm³/mol. The van der Waals surface area contributed by atoms with Crippen molar-refractivity contribution in [1.29, 1.82) is 0 Å². The van der Waals surface area contributed by atoms with Crippen molar-refractivity contribution in [3.63, 3.8) is 0 Å². The Kier molecular flexibility index (Phi) is 4.99. The van der Waals surface area contributed by atoms with Gasteiger partial charge in [0.2, 0.25) is 10.0 Å². The van der Waals surface area contributed by atoms with E-state index >= 15 is 0 Å². The van der Waals surface area contributed by atoms with Crippen LogP contribution < -0.4 is 10.5 Å². The van der Waals surface area contributed by atoms with Gasteiger partial charge in [-0.3, -0.25) is 0 Å². The van der Waals surface area contributed by atoms with E-state index in [0.717, 1.165) is 6.26 Å². The highest BCUT2D eigenvalue weighted by molar-refractivity contribution is 7.90. The molecular formula is C6H16N2O4S2. The predicted octanol–water partition coefficient (Wildman–Crippen LogP) is -1.70. The molecule has 0 aliphatic rings. The summed E-state index contributed by atoms with van der Waals surface area (Å²) in [6.07, 6.45) is 1.13. The zero-order valence-electron chi connectivity index (χ0n) is 8.23. The number of nitrogens with two attached hydrogens (primary N) is 1. The number of sulfonamides is 1. The largest absolute Gasteiger partial charge is 0.312 e. The van der Waals surface area contributed by atoms with Gasteiger partial charge in [0.25, 0.3) is 0 Å². The van der Waals surface area contributed by atoms with E-state index < -0.39 is 19.9 Å². The minimum absolute atomic E-state index is 0.0163. The normalized spacial score (nSPS) is 15.4. The summed E-state index contributed by atoms with van der Waals surface area (Å²) in [5.41, 5.74) is 0. The molecule has 3 N–H and O–H groups in total. The Balaban J connectivity index is 3.82. The summed E-state index contributed by atoms with van der Waals surface area (Å²) < 4.78 is 42.7. The van der Waals surface area contributed by atoms with Gasteiger partial charge < -0.3 is 5.32 Å². The Morgan fingerprint density at radius 2 is 1.79 bits per heavy atom. The summed E-state index contributed by atoms with van der Waals surface area (Å²) in [5, 5.41) is 7.52. The van der Waals surface area contributed by atoms with E-state index in [0.29, 0.717) is 0 Å². The highest BCUT2D eigenvalue weighted by atomic mass is 32.2. The fourth-order valence-electron chi connectivity index (χ4n) is 0.961. The second-order valence-electron chi connectivity index (χ2n) is 3.31. The molecule has 0 fully saturated rings. The Morgan fingerprint density at radius 3 is 2.14 bits per heavy atom. The lowest BCUT2D eigenvalue weighted by Crippen LogP contribution is -2.36. The Labute approximate surface area is 84.8 Å². The van der Waals surface area contributed by atoms with E-state index in [2.05, 4.69) is 5.32 Å². The quantitative estimate of drug-likeness (QED) is 0.579. The standard InChI is InChI=1S/C6H16N2O4S2/c1-6(5-13(2,9)10)8-3-4-14(7,11)12/h6,8H,3-5H2,1-2H3,(H2,7,11,12). The van der Waals surface area contributed by atoms with Crippen molar-refractivity contribution in [3.8, 4) is 0 Å². The molecule has 0 bridgehead atoms. The number of hydrogen-bond donors (Lipinski definition) is 2. The van der Waals surface area contributed by atoms with E-state index in [1.807, 2.05) is 0 Å². The van der Waals surface area contributed by atoms with E-state index in [9.17, 15) is 16.8 Å². The molecule has 86 valence electrons. The van der Waals surface area contributed by atoms with Gasteiger partial charge >= 0.3 is 0 Å². The average Bonchev–Trinajstić information content (AvgIpc) is 1.78. The van der Waals surface area contributed by atoms with Gasteiger partial charge in [0.1, 0.15) is 9.84 Å². The monoisotopic (exact) mass is 244 g/mol. The number of hydrogen-bond acceptors (Lipinski definition) is 5. The summed E-state index contributed by atoms with van der Waals surface area (Å²) in [6, 6.07) is -0.272. The van der Waals surface area contributed by atoms with Crippen molar-refractivity contribution in [2.45, 2.75) is 13.0 Å². The van der Waals surface area contributed by atoms with Gasteiger partial charge in [-0.15, -0.1) is 0 Å². The number of rotatable bonds is 6. The van der Waals surface area contributed by atoms with Crippen molar-refractivity contribution in [3.05, 3.63) is 0 Å². The van der Waals surface area contributed by atoms with Gasteiger partial charge in [-0.2, -0.15) is 0 Å². The van der Waals surface area contributed by atoms with Crippen molar-refractivity contribution in [2.24, 2.45) is 5.14 Å². The van der Waals surface area contributed by atoms with Crippen LogP contribution in [-0.2, 0) is 19.9 Å². The molecule has 0 aliphatic heterocycles. The van der Waals surface area contributed by atoms with Crippen LogP contribution in [0.15, 0.2) is 0 Å². The van der Waals surface area contributed by atoms with Crippen LogP contribution in [0.4, 0.5) is 0 Å². The molecule has 0 aromatic rings. The molecule has 0 aliphatic carbocycles. The molecule has 0 amide bonds. The molecule has 0 radical (unpaired) electrons. The molecule has 0 saturated heterocycles. The van der Waals surface area contributed by atoms with Crippen LogP contribution in [0.25, 0.3) is 0 Å². The van der Waals surface area contributed by atoms with Gasteiger partial charge in [0.05, 0.1) is 11.5 Å². The first kappa shape index (κ1) is 13.8. The van der Waals surface area contributed by atoms with E-state index in [4.69, 9.17) is 5.14 Å². The van der Waals surface area contributed by atoms with Crippen LogP contribution >= 0.6 is 0 Å².